The van der Waals surface area contributed by atoms with E-state index in [2.05, 4.69) is 229 Å². The molecular weight excluding hydrogens is 703 g/mol. The summed E-state index contributed by atoms with van der Waals surface area (Å²) in [6, 6.07) is 80.7. The lowest BCUT2D eigenvalue weighted by Crippen LogP contribution is -2.10. The van der Waals surface area contributed by atoms with Gasteiger partial charge >= 0.3 is 0 Å². The minimum absolute atomic E-state index is 0.897. The normalized spacial score (nSPS) is 11.4. The summed E-state index contributed by atoms with van der Waals surface area (Å²) in [5.74, 6) is 0. The molecule has 0 fully saturated rings. The molecule has 0 amide bonds. The van der Waals surface area contributed by atoms with E-state index in [1.54, 1.807) is 0 Å². The first-order valence-electron chi connectivity index (χ1n) is 19.8. The van der Waals surface area contributed by atoms with Crippen LogP contribution in [0.2, 0.25) is 0 Å². The molecule has 1 aromatic heterocycles. The van der Waals surface area contributed by atoms with Gasteiger partial charge in [-0.1, -0.05) is 152 Å². The highest BCUT2D eigenvalue weighted by Crippen LogP contribution is 2.41. The Morgan fingerprint density at radius 3 is 1.52 bits per heavy atom. The van der Waals surface area contributed by atoms with E-state index >= 15 is 0 Å². The Morgan fingerprint density at radius 1 is 0.259 bits per heavy atom. The van der Waals surface area contributed by atoms with Gasteiger partial charge in [-0.05, 0) is 139 Å². The van der Waals surface area contributed by atoms with Crippen molar-refractivity contribution in [2.45, 2.75) is 0 Å². The molecule has 1 heterocycles. The summed E-state index contributed by atoms with van der Waals surface area (Å²) in [7, 11) is 0. The molecule has 0 saturated carbocycles. The number of hydrogen-bond acceptors (Lipinski definition) is 2. The number of hydrogen-bond donors (Lipinski definition) is 0. The zero-order valence-electron chi connectivity index (χ0n) is 31.7. The van der Waals surface area contributed by atoms with Crippen LogP contribution in [0.3, 0.4) is 0 Å². The molecule has 0 spiro atoms. The number of nitrogens with zero attached hydrogens (tertiary/aromatic N) is 1. The van der Waals surface area contributed by atoms with Gasteiger partial charge in [0.2, 0.25) is 0 Å². The Kier molecular flexibility index (Phi) is 8.19. The van der Waals surface area contributed by atoms with Crippen LogP contribution in [-0.2, 0) is 0 Å². The number of furan rings is 1. The van der Waals surface area contributed by atoms with Gasteiger partial charge in [0, 0.05) is 27.8 Å². The SMILES string of the molecule is c1ccc(-c2cccc(N(c3ccc(-c4cc(-c5ccccc5)c5ccccc5c4)cc3)c3ccc(-c4ccc5c(c4)oc4cc6ccccc6cc45)cc3)c2)cc1. The molecule has 0 saturated heterocycles. The largest absolute Gasteiger partial charge is 0.456 e. The molecule has 0 aliphatic carbocycles. The molecule has 0 bridgehead atoms. The van der Waals surface area contributed by atoms with Gasteiger partial charge in [0.05, 0.1) is 0 Å². The van der Waals surface area contributed by atoms with Crippen molar-refractivity contribution in [1.82, 2.24) is 0 Å². The number of benzene rings is 10. The van der Waals surface area contributed by atoms with Crippen molar-refractivity contribution in [2.75, 3.05) is 4.90 Å². The average molecular weight is 740 g/mol. The summed E-state index contributed by atoms with van der Waals surface area (Å²) in [6.45, 7) is 0. The van der Waals surface area contributed by atoms with Crippen LogP contribution in [0, 0.1) is 0 Å². The summed E-state index contributed by atoms with van der Waals surface area (Å²) in [6.07, 6.45) is 0. The van der Waals surface area contributed by atoms with E-state index in [1.165, 1.54) is 54.9 Å². The lowest BCUT2D eigenvalue weighted by Gasteiger charge is -2.26. The maximum Gasteiger partial charge on any atom is 0.136 e. The van der Waals surface area contributed by atoms with Crippen LogP contribution in [0.15, 0.2) is 229 Å². The van der Waals surface area contributed by atoms with Gasteiger partial charge in [0.25, 0.3) is 0 Å². The number of anilines is 3. The standard InChI is InChI=1S/C56H37NO/c1-3-12-38(13-4-1)42-19-11-20-50(33-42)57(49-29-24-40(25-30-49)47-32-46-18-9-10-21-51(46)53(35-47)41-14-5-2-6-15-41)48-27-22-39(23-28-48)45-26-31-52-54-34-43-16-7-8-17-44(43)36-56(54)58-55(52)37-45/h1-37H. The molecule has 0 aliphatic heterocycles. The minimum atomic E-state index is 0.897. The summed E-state index contributed by atoms with van der Waals surface area (Å²) < 4.78 is 6.43. The molecule has 10 aromatic carbocycles. The second-order valence-corrected chi connectivity index (χ2v) is 15.0. The van der Waals surface area contributed by atoms with Crippen molar-refractivity contribution < 1.29 is 4.42 Å². The fourth-order valence-corrected chi connectivity index (χ4v) is 8.48. The summed E-state index contributed by atoms with van der Waals surface area (Å²) >= 11 is 0. The zero-order chi connectivity index (χ0) is 38.4. The van der Waals surface area contributed by atoms with Crippen LogP contribution >= 0.6 is 0 Å². The zero-order valence-corrected chi connectivity index (χ0v) is 31.7. The summed E-state index contributed by atoms with van der Waals surface area (Å²) in [4.78, 5) is 2.35. The van der Waals surface area contributed by atoms with Crippen molar-refractivity contribution >= 4 is 60.5 Å². The van der Waals surface area contributed by atoms with Crippen LogP contribution in [0.25, 0.3) is 88.0 Å². The van der Waals surface area contributed by atoms with Crippen molar-refractivity contribution in [1.29, 1.82) is 0 Å². The number of rotatable bonds is 7. The van der Waals surface area contributed by atoms with Gasteiger partial charge in [-0.3, -0.25) is 0 Å². The maximum atomic E-state index is 6.43. The van der Waals surface area contributed by atoms with E-state index in [0.29, 0.717) is 0 Å². The van der Waals surface area contributed by atoms with E-state index in [0.717, 1.165) is 50.1 Å². The Balaban J connectivity index is 0.979. The summed E-state index contributed by atoms with van der Waals surface area (Å²) in [5, 5.41) is 7.17. The lowest BCUT2D eigenvalue weighted by molar-refractivity contribution is 0.669. The van der Waals surface area contributed by atoms with Gasteiger partial charge in [0.1, 0.15) is 11.2 Å². The fourth-order valence-electron chi connectivity index (χ4n) is 8.48. The maximum absolute atomic E-state index is 6.43. The predicted octanol–water partition coefficient (Wildman–Crippen LogP) is 16.0. The van der Waals surface area contributed by atoms with E-state index in [4.69, 9.17) is 4.42 Å². The van der Waals surface area contributed by atoms with Crippen LogP contribution in [0.4, 0.5) is 17.1 Å². The molecule has 0 radical (unpaired) electrons. The Hall–Kier alpha value is -7.68. The third-order valence-corrected chi connectivity index (χ3v) is 11.4. The number of fused-ring (bicyclic) bond motifs is 5. The van der Waals surface area contributed by atoms with Crippen LogP contribution < -0.4 is 4.90 Å². The van der Waals surface area contributed by atoms with Crippen molar-refractivity contribution in [3.8, 4) is 44.5 Å². The molecule has 58 heavy (non-hydrogen) atoms. The van der Waals surface area contributed by atoms with E-state index in [1.807, 2.05) is 0 Å². The summed E-state index contributed by atoms with van der Waals surface area (Å²) in [5.41, 5.74) is 14.5. The van der Waals surface area contributed by atoms with Gasteiger partial charge in [-0.25, -0.2) is 0 Å². The lowest BCUT2D eigenvalue weighted by atomic mass is 9.93. The second-order valence-electron chi connectivity index (χ2n) is 15.0. The Morgan fingerprint density at radius 2 is 0.793 bits per heavy atom. The predicted molar refractivity (Wildman–Crippen MR) is 245 cm³/mol. The first-order chi connectivity index (χ1) is 28.7. The molecule has 0 unspecified atom stereocenters. The van der Waals surface area contributed by atoms with Crippen molar-refractivity contribution in [2.24, 2.45) is 0 Å². The van der Waals surface area contributed by atoms with Gasteiger partial charge in [-0.2, -0.15) is 0 Å². The fraction of sp³-hybridized carbons (Fsp3) is 0. The molecular formula is C56H37NO. The molecule has 272 valence electrons. The van der Waals surface area contributed by atoms with E-state index in [-0.39, 0.29) is 0 Å². The smallest absolute Gasteiger partial charge is 0.136 e. The first kappa shape index (κ1) is 33.6. The van der Waals surface area contributed by atoms with Crippen LogP contribution in [-0.4, -0.2) is 0 Å². The topological polar surface area (TPSA) is 16.4 Å². The molecule has 0 aliphatic rings. The highest BCUT2D eigenvalue weighted by molar-refractivity contribution is 6.10. The first-order valence-corrected chi connectivity index (χ1v) is 19.8. The second kappa shape index (κ2) is 14.1. The van der Waals surface area contributed by atoms with E-state index in [9.17, 15) is 0 Å². The molecule has 0 N–H and O–H groups in total. The molecule has 2 nitrogen and oxygen atoms in total. The molecule has 0 atom stereocenters. The Labute approximate surface area is 337 Å². The highest BCUT2D eigenvalue weighted by Gasteiger charge is 2.16. The average Bonchev–Trinajstić information content (AvgIpc) is 3.65. The van der Waals surface area contributed by atoms with Crippen molar-refractivity contribution in [3.05, 3.63) is 224 Å². The highest BCUT2D eigenvalue weighted by atomic mass is 16.3. The quantitative estimate of drug-likeness (QED) is 0.162. The van der Waals surface area contributed by atoms with Gasteiger partial charge < -0.3 is 9.32 Å². The monoisotopic (exact) mass is 739 g/mol. The molecule has 2 heteroatoms. The minimum Gasteiger partial charge on any atom is -0.456 e. The van der Waals surface area contributed by atoms with E-state index < -0.39 is 0 Å². The third-order valence-electron chi connectivity index (χ3n) is 11.4. The van der Waals surface area contributed by atoms with Crippen molar-refractivity contribution in [3.63, 3.8) is 0 Å². The third kappa shape index (κ3) is 6.09. The van der Waals surface area contributed by atoms with Crippen LogP contribution in [0.5, 0.6) is 0 Å². The Bertz CT molecular complexity index is 3250. The van der Waals surface area contributed by atoms with Gasteiger partial charge in [-0.15, -0.1) is 0 Å². The van der Waals surface area contributed by atoms with Crippen LogP contribution in [0.1, 0.15) is 0 Å². The molecule has 11 rings (SSSR count). The molecule has 11 aromatic rings. The van der Waals surface area contributed by atoms with Gasteiger partial charge in [0.15, 0.2) is 0 Å².